The quantitative estimate of drug-likeness (QED) is 0.508. The summed E-state index contributed by atoms with van der Waals surface area (Å²) in [6.07, 6.45) is 3.30. The van der Waals surface area contributed by atoms with Crippen molar-refractivity contribution in [3.8, 4) is 23.2 Å². The summed E-state index contributed by atoms with van der Waals surface area (Å²) in [6, 6.07) is 13.3. The summed E-state index contributed by atoms with van der Waals surface area (Å²) in [4.78, 5) is 13.3. The van der Waals surface area contributed by atoms with Crippen molar-refractivity contribution in [3.05, 3.63) is 71.3 Å². The van der Waals surface area contributed by atoms with Crippen molar-refractivity contribution in [2.24, 2.45) is 0 Å². The number of nitriles is 1. The highest BCUT2D eigenvalue weighted by Gasteiger charge is 2.14. The van der Waals surface area contributed by atoms with E-state index in [0.717, 1.165) is 0 Å². The molecule has 0 aliphatic rings. The third-order valence-electron chi connectivity index (χ3n) is 4.24. The van der Waals surface area contributed by atoms with Crippen molar-refractivity contribution in [3.63, 3.8) is 0 Å². The van der Waals surface area contributed by atoms with Crippen LogP contribution in [0.3, 0.4) is 0 Å². The van der Waals surface area contributed by atoms with Crippen LogP contribution in [0.2, 0.25) is 5.02 Å². The first-order valence-corrected chi connectivity index (χ1v) is 8.89. The van der Waals surface area contributed by atoms with Crippen molar-refractivity contribution in [1.29, 1.82) is 5.26 Å². The van der Waals surface area contributed by atoms with Gasteiger partial charge in [0.2, 0.25) is 0 Å². The molecular weight excluding hydrogens is 393 g/mol. The Bertz CT molecular complexity index is 1260. The average Bonchev–Trinajstić information content (AvgIpc) is 2.75. The van der Waals surface area contributed by atoms with Gasteiger partial charge in [-0.3, -0.25) is 4.98 Å². The minimum Gasteiger partial charge on any atom is -0.495 e. The molecule has 0 fully saturated rings. The highest BCUT2D eigenvalue weighted by Crippen LogP contribution is 2.32. The van der Waals surface area contributed by atoms with Gasteiger partial charge in [0, 0.05) is 29.0 Å². The number of pyridine rings is 1. The molecule has 8 heteroatoms. The fraction of sp³-hybridized carbons (Fsp3) is 0.0476. The molecule has 142 valence electrons. The van der Waals surface area contributed by atoms with Gasteiger partial charge in [0.15, 0.2) is 5.82 Å². The monoisotopic (exact) mass is 405 g/mol. The Kier molecular flexibility index (Phi) is 4.94. The van der Waals surface area contributed by atoms with Gasteiger partial charge < -0.3 is 10.1 Å². The standard InChI is InChI=1S/C21H13ClFN5O/c1-29-19-9-15-18(7-13(19)10-24)27-20(12-3-2-6-25-11-12)28-21(15)26-14-4-5-17(23)16(22)8-14/h2-9,11H,1H3,(H,26,27,28). The van der Waals surface area contributed by atoms with Crippen LogP contribution in [-0.4, -0.2) is 22.1 Å². The van der Waals surface area contributed by atoms with E-state index in [0.29, 0.717) is 45.1 Å². The molecule has 0 aliphatic carbocycles. The van der Waals surface area contributed by atoms with Crippen molar-refractivity contribution in [2.75, 3.05) is 12.4 Å². The van der Waals surface area contributed by atoms with Gasteiger partial charge in [0.1, 0.15) is 23.5 Å². The van der Waals surface area contributed by atoms with Gasteiger partial charge in [-0.2, -0.15) is 5.26 Å². The van der Waals surface area contributed by atoms with Crippen LogP contribution in [0.5, 0.6) is 5.75 Å². The van der Waals surface area contributed by atoms with Gasteiger partial charge in [0.25, 0.3) is 0 Å². The number of aromatic nitrogens is 3. The van der Waals surface area contributed by atoms with Gasteiger partial charge in [-0.15, -0.1) is 0 Å². The highest BCUT2D eigenvalue weighted by molar-refractivity contribution is 6.31. The molecule has 0 saturated carbocycles. The second kappa shape index (κ2) is 7.70. The van der Waals surface area contributed by atoms with E-state index in [1.165, 1.54) is 19.2 Å². The van der Waals surface area contributed by atoms with Crippen LogP contribution in [-0.2, 0) is 0 Å². The highest BCUT2D eigenvalue weighted by atomic mass is 35.5. The summed E-state index contributed by atoms with van der Waals surface area (Å²) >= 11 is 5.90. The van der Waals surface area contributed by atoms with E-state index >= 15 is 0 Å². The lowest BCUT2D eigenvalue weighted by Crippen LogP contribution is -2.01. The fourth-order valence-electron chi connectivity index (χ4n) is 2.84. The number of halogens is 2. The Hall–Kier alpha value is -3.76. The van der Waals surface area contributed by atoms with Crippen molar-refractivity contribution < 1.29 is 9.13 Å². The molecule has 0 bridgehead atoms. The van der Waals surface area contributed by atoms with E-state index in [1.54, 1.807) is 36.7 Å². The number of hydrogen-bond donors (Lipinski definition) is 1. The molecule has 4 rings (SSSR count). The zero-order chi connectivity index (χ0) is 20.4. The van der Waals surface area contributed by atoms with E-state index in [9.17, 15) is 9.65 Å². The molecule has 4 aromatic rings. The van der Waals surface area contributed by atoms with E-state index in [2.05, 4.69) is 26.3 Å². The molecular formula is C21H13ClFN5O. The van der Waals surface area contributed by atoms with Crippen molar-refractivity contribution in [1.82, 2.24) is 15.0 Å². The van der Waals surface area contributed by atoms with Crippen LogP contribution in [0.25, 0.3) is 22.3 Å². The zero-order valence-corrected chi connectivity index (χ0v) is 15.9. The van der Waals surface area contributed by atoms with Crippen molar-refractivity contribution in [2.45, 2.75) is 0 Å². The van der Waals surface area contributed by atoms with Crippen LogP contribution in [0.4, 0.5) is 15.9 Å². The molecule has 2 aromatic carbocycles. The Balaban J connectivity index is 1.93. The minimum absolute atomic E-state index is 0.00908. The van der Waals surface area contributed by atoms with Crippen LogP contribution < -0.4 is 10.1 Å². The summed E-state index contributed by atoms with van der Waals surface area (Å²) in [5.41, 5.74) is 2.17. The summed E-state index contributed by atoms with van der Waals surface area (Å²) < 4.78 is 18.8. The third kappa shape index (κ3) is 3.66. The molecule has 0 unspecified atom stereocenters. The summed E-state index contributed by atoms with van der Waals surface area (Å²) in [7, 11) is 1.49. The van der Waals surface area contributed by atoms with Gasteiger partial charge in [-0.1, -0.05) is 11.6 Å². The topological polar surface area (TPSA) is 83.7 Å². The number of nitrogens with zero attached hydrogens (tertiary/aromatic N) is 4. The number of rotatable bonds is 4. The van der Waals surface area contributed by atoms with Crippen LogP contribution in [0.1, 0.15) is 5.56 Å². The molecule has 0 atom stereocenters. The van der Waals surface area contributed by atoms with Crippen LogP contribution in [0, 0.1) is 17.1 Å². The first-order chi connectivity index (χ1) is 14.1. The van der Waals surface area contributed by atoms with Gasteiger partial charge in [-0.05, 0) is 42.5 Å². The number of benzene rings is 2. The third-order valence-corrected chi connectivity index (χ3v) is 4.53. The lowest BCUT2D eigenvalue weighted by molar-refractivity contribution is 0.414. The number of ether oxygens (including phenoxy) is 1. The maximum absolute atomic E-state index is 13.5. The molecule has 0 radical (unpaired) electrons. The maximum Gasteiger partial charge on any atom is 0.163 e. The molecule has 6 nitrogen and oxygen atoms in total. The van der Waals surface area contributed by atoms with Crippen LogP contribution >= 0.6 is 11.6 Å². The van der Waals surface area contributed by atoms with Crippen LogP contribution in [0.15, 0.2) is 54.9 Å². The Labute approximate surface area is 170 Å². The second-order valence-electron chi connectivity index (χ2n) is 6.07. The smallest absolute Gasteiger partial charge is 0.163 e. The van der Waals surface area contributed by atoms with Crippen molar-refractivity contribution >= 4 is 34.0 Å². The van der Waals surface area contributed by atoms with E-state index < -0.39 is 5.82 Å². The normalized spacial score (nSPS) is 10.6. The average molecular weight is 406 g/mol. The Morgan fingerprint density at radius 3 is 2.72 bits per heavy atom. The number of methoxy groups -OCH3 is 1. The van der Waals surface area contributed by atoms with E-state index in [-0.39, 0.29) is 5.02 Å². The second-order valence-corrected chi connectivity index (χ2v) is 6.48. The predicted molar refractivity (Wildman–Crippen MR) is 109 cm³/mol. The molecule has 0 aliphatic heterocycles. The Morgan fingerprint density at radius 1 is 1.17 bits per heavy atom. The Morgan fingerprint density at radius 2 is 2.03 bits per heavy atom. The zero-order valence-electron chi connectivity index (χ0n) is 15.1. The van der Waals surface area contributed by atoms with Gasteiger partial charge >= 0.3 is 0 Å². The lowest BCUT2D eigenvalue weighted by atomic mass is 10.1. The lowest BCUT2D eigenvalue weighted by Gasteiger charge is -2.13. The molecule has 0 amide bonds. The SMILES string of the molecule is COc1cc2c(Nc3ccc(F)c(Cl)c3)nc(-c3cccnc3)nc2cc1C#N. The first kappa shape index (κ1) is 18.6. The maximum atomic E-state index is 13.5. The molecule has 29 heavy (non-hydrogen) atoms. The van der Waals surface area contributed by atoms with Gasteiger partial charge in [0.05, 0.1) is 23.2 Å². The summed E-state index contributed by atoms with van der Waals surface area (Å²) in [6.45, 7) is 0. The largest absolute Gasteiger partial charge is 0.495 e. The van der Waals surface area contributed by atoms with Gasteiger partial charge in [-0.25, -0.2) is 14.4 Å². The van der Waals surface area contributed by atoms with E-state index in [4.69, 9.17) is 16.3 Å². The molecule has 2 heterocycles. The molecule has 1 N–H and O–H groups in total. The molecule has 0 saturated heterocycles. The number of nitrogens with one attached hydrogen (secondary N) is 1. The number of fused-ring (bicyclic) bond motifs is 1. The predicted octanol–water partition coefficient (Wildman–Crippen LogP) is 5.11. The first-order valence-electron chi connectivity index (χ1n) is 8.51. The van der Waals surface area contributed by atoms with E-state index in [1.807, 2.05) is 6.07 Å². The number of anilines is 2. The minimum atomic E-state index is -0.513. The summed E-state index contributed by atoms with van der Waals surface area (Å²) in [5, 5.41) is 13.2. The fourth-order valence-corrected chi connectivity index (χ4v) is 3.02. The summed E-state index contributed by atoms with van der Waals surface area (Å²) in [5.74, 6) is 0.772. The molecule has 2 aromatic heterocycles. The number of hydrogen-bond acceptors (Lipinski definition) is 6. The molecule has 0 spiro atoms.